The second-order valence-electron chi connectivity index (χ2n) is 10.8. The van der Waals surface area contributed by atoms with Crippen LogP contribution in [0, 0.1) is 0 Å². The molecule has 0 unspecified atom stereocenters. The number of fused-ring (bicyclic) bond motifs is 1. The molecule has 0 saturated carbocycles. The van der Waals surface area contributed by atoms with E-state index in [4.69, 9.17) is 25.8 Å². The third-order valence-corrected chi connectivity index (χ3v) is 9.12. The van der Waals surface area contributed by atoms with E-state index < -0.39 is 46.4 Å². The molecule has 0 radical (unpaired) electrons. The van der Waals surface area contributed by atoms with Crippen LogP contribution in [0.5, 0.6) is 11.6 Å². The number of esters is 1. The highest BCUT2D eigenvalue weighted by atomic mass is 35.5. The van der Waals surface area contributed by atoms with E-state index in [0.717, 1.165) is 10.2 Å². The Labute approximate surface area is 273 Å². The monoisotopic (exact) mass is 691 g/mol. The van der Waals surface area contributed by atoms with Gasteiger partial charge in [-0.25, -0.2) is 13.1 Å². The van der Waals surface area contributed by atoms with Gasteiger partial charge in [-0.3, -0.25) is 9.59 Å². The Bertz CT molecular complexity index is 1880. The standard InChI is InChI=1S/C32H29ClF3N3O7S/c1-20(2)25-15-24(44-14-6-9-29(40)45-18-21-7-4-3-5-8-21)16-26-30(25)31(41)38(47(26,42)43)19-46-28-17-27(32(34,35)36)37-39(28)23-12-10-22(33)11-13-23/h3-5,7-8,10-13,15-17,20H,6,9,14,18-19H2,1-2H3. The molecule has 1 aliphatic rings. The van der Waals surface area contributed by atoms with E-state index >= 15 is 0 Å². The van der Waals surface area contributed by atoms with E-state index in [0.29, 0.717) is 21.0 Å². The summed E-state index contributed by atoms with van der Waals surface area (Å²) >= 11 is 5.90. The Morgan fingerprint density at radius 1 is 1.00 bits per heavy atom. The maximum Gasteiger partial charge on any atom is 0.435 e. The fraction of sp³-hybridized carbons (Fsp3) is 0.281. The molecule has 1 aliphatic heterocycles. The maximum atomic E-state index is 13.6. The summed E-state index contributed by atoms with van der Waals surface area (Å²) in [5, 5.41) is 3.90. The third kappa shape index (κ3) is 7.54. The van der Waals surface area contributed by atoms with Gasteiger partial charge in [-0.15, -0.1) is 0 Å². The first-order chi connectivity index (χ1) is 22.3. The predicted octanol–water partition coefficient (Wildman–Crippen LogP) is 6.75. The molecule has 0 spiro atoms. The number of amides is 1. The highest BCUT2D eigenvalue weighted by molar-refractivity contribution is 7.90. The van der Waals surface area contributed by atoms with Crippen molar-refractivity contribution >= 4 is 33.5 Å². The summed E-state index contributed by atoms with van der Waals surface area (Å²) in [6, 6.07) is 18.3. The minimum absolute atomic E-state index is 0.0633. The SMILES string of the molecule is CC(C)c1cc(OCCCC(=O)OCc2ccccc2)cc2c1C(=O)N(COc1cc(C(F)(F)F)nn1-c1ccc(Cl)cc1)S2(=O)=O. The number of nitrogens with zero attached hydrogens (tertiary/aromatic N) is 3. The van der Waals surface area contributed by atoms with Gasteiger partial charge in [-0.1, -0.05) is 55.8 Å². The molecule has 3 aromatic carbocycles. The minimum Gasteiger partial charge on any atom is -0.494 e. The normalized spacial score (nSPS) is 13.9. The van der Waals surface area contributed by atoms with Gasteiger partial charge in [0.05, 0.1) is 17.9 Å². The molecule has 4 aromatic rings. The zero-order valence-corrected chi connectivity index (χ0v) is 26.7. The number of carbonyl (C=O) groups excluding carboxylic acids is 2. The van der Waals surface area contributed by atoms with Crippen molar-refractivity contribution in [2.45, 2.75) is 50.3 Å². The molecule has 0 bridgehead atoms. The maximum absolute atomic E-state index is 13.6. The van der Waals surface area contributed by atoms with Crippen molar-refractivity contribution in [3.8, 4) is 17.3 Å². The van der Waals surface area contributed by atoms with Gasteiger partial charge in [0, 0.05) is 23.6 Å². The number of benzene rings is 3. The van der Waals surface area contributed by atoms with Crippen molar-refractivity contribution in [3.05, 3.63) is 100 Å². The first kappa shape index (κ1) is 33.8. The summed E-state index contributed by atoms with van der Waals surface area (Å²) in [6.45, 7) is 2.82. The van der Waals surface area contributed by atoms with Gasteiger partial charge >= 0.3 is 12.1 Å². The molecule has 15 heteroatoms. The summed E-state index contributed by atoms with van der Waals surface area (Å²) in [6.07, 6.45) is -4.47. The highest BCUT2D eigenvalue weighted by Crippen LogP contribution is 2.39. The van der Waals surface area contributed by atoms with Gasteiger partial charge in [0.25, 0.3) is 15.9 Å². The molecular formula is C32H29ClF3N3O7S. The van der Waals surface area contributed by atoms with Gasteiger partial charge < -0.3 is 14.2 Å². The van der Waals surface area contributed by atoms with Crippen LogP contribution >= 0.6 is 11.6 Å². The largest absolute Gasteiger partial charge is 0.494 e. The Balaban J connectivity index is 1.30. The molecule has 0 fully saturated rings. The summed E-state index contributed by atoms with van der Waals surface area (Å²) in [7, 11) is -4.49. The lowest BCUT2D eigenvalue weighted by molar-refractivity contribution is -0.145. The van der Waals surface area contributed by atoms with E-state index in [1.807, 2.05) is 30.3 Å². The first-order valence-corrected chi connectivity index (χ1v) is 16.2. The van der Waals surface area contributed by atoms with E-state index in [1.165, 1.54) is 30.3 Å². The molecule has 1 aromatic heterocycles. The molecule has 1 amide bonds. The van der Waals surface area contributed by atoms with Crippen LogP contribution in [0.1, 0.15) is 59.8 Å². The number of sulfonamides is 1. The Hall–Kier alpha value is -4.56. The Morgan fingerprint density at radius 3 is 2.36 bits per heavy atom. The number of alkyl halides is 3. The Kier molecular flexibility index (Phi) is 9.82. The number of aromatic nitrogens is 2. The van der Waals surface area contributed by atoms with E-state index in [-0.39, 0.29) is 53.9 Å². The number of hydrogen-bond acceptors (Lipinski definition) is 8. The fourth-order valence-electron chi connectivity index (χ4n) is 4.78. The predicted molar refractivity (Wildman–Crippen MR) is 164 cm³/mol. The molecular weight excluding hydrogens is 663 g/mol. The van der Waals surface area contributed by atoms with Crippen molar-refractivity contribution < 1.29 is 45.4 Å². The average molecular weight is 692 g/mol. The van der Waals surface area contributed by atoms with Crippen molar-refractivity contribution in [2.75, 3.05) is 13.3 Å². The van der Waals surface area contributed by atoms with Crippen LogP contribution in [-0.4, -0.2) is 47.7 Å². The zero-order chi connectivity index (χ0) is 33.9. The lowest BCUT2D eigenvalue weighted by Crippen LogP contribution is -2.34. The van der Waals surface area contributed by atoms with Crippen molar-refractivity contribution in [1.29, 1.82) is 0 Å². The van der Waals surface area contributed by atoms with Crippen molar-refractivity contribution in [2.24, 2.45) is 0 Å². The fourth-order valence-corrected chi connectivity index (χ4v) is 6.37. The summed E-state index contributed by atoms with van der Waals surface area (Å²) in [5.41, 5.74) is 0.0377. The Morgan fingerprint density at radius 2 is 1.70 bits per heavy atom. The van der Waals surface area contributed by atoms with Crippen LogP contribution in [0.3, 0.4) is 0 Å². The second kappa shape index (κ2) is 13.7. The number of carbonyl (C=O) groups is 2. The molecule has 0 atom stereocenters. The molecule has 5 rings (SSSR count). The topological polar surface area (TPSA) is 117 Å². The molecule has 2 heterocycles. The van der Waals surface area contributed by atoms with Crippen LogP contribution in [0.2, 0.25) is 5.02 Å². The number of hydrogen-bond donors (Lipinski definition) is 0. The second-order valence-corrected chi connectivity index (χ2v) is 13.1. The van der Waals surface area contributed by atoms with Crippen LogP contribution in [0.15, 0.2) is 77.7 Å². The molecule has 0 saturated heterocycles. The van der Waals surface area contributed by atoms with Crippen LogP contribution < -0.4 is 9.47 Å². The van der Waals surface area contributed by atoms with Crippen LogP contribution in [0.4, 0.5) is 13.2 Å². The highest BCUT2D eigenvalue weighted by Gasteiger charge is 2.44. The third-order valence-electron chi connectivity index (χ3n) is 7.14. The number of halogens is 4. The quantitative estimate of drug-likeness (QED) is 0.118. The molecule has 10 nitrogen and oxygen atoms in total. The van der Waals surface area contributed by atoms with Gasteiger partial charge in [-0.05, 0) is 53.8 Å². The molecule has 0 aliphatic carbocycles. The molecule has 0 N–H and O–H groups in total. The van der Waals surface area contributed by atoms with Gasteiger partial charge in [-0.2, -0.15) is 22.6 Å². The van der Waals surface area contributed by atoms with Gasteiger partial charge in [0.15, 0.2) is 12.4 Å². The summed E-state index contributed by atoms with van der Waals surface area (Å²) in [4.78, 5) is 25.3. The van der Waals surface area contributed by atoms with E-state index in [2.05, 4.69) is 5.10 Å². The number of ether oxygens (including phenoxy) is 3. The van der Waals surface area contributed by atoms with Gasteiger partial charge in [0.1, 0.15) is 17.3 Å². The van der Waals surface area contributed by atoms with Crippen molar-refractivity contribution in [1.82, 2.24) is 14.1 Å². The summed E-state index contributed by atoms with van der Waals surface area (Å²) < 4.78 is 85.6. The summed E-state index contributed by atoms with van der Waals surface area (Å²) in [5.74, 6) is -1.90. The smallest absolute Gasteiger partial charge is 0.435 e. The average Bonchev–Trinajstić information content (AvgIpc) is 3.54. The van der Waals surface area contributed by atoms with E-state index in [1.54, 1.807) is 19.9 Å². The zero-order valence-electron chi connectivity index (χ0n) is 25.2. The molecule has 47 heavy (non-hydrogen) atoms. The van der Waals surface area contributed by atoms with Crippen molar-refractivity contribution in [3.63, 3.8) is 0 Å². The minimum atomic E-state index is -4.83. The molecule has 248 valence electrons. The lowest BCUT2D eigenvalue weighted by atomic mass is 9.96. The van der Waals surface area contributed by atoms with Crippen LogP contribution in [0.25, 0.3) is 5.69 Å². The number of rotatable bonds is 12. The lowest BCUT2D eigenvalue weighted by Gasteiger charge is -2.16. The van der Waals surface area contributed by atoms with E-state index in [9.17, 15) is 31.2 Å². The van der Waals surface area contributed by atoms with Crippen LogP contribution in [-0.2, 0) is 32.3 Å². The first-order valence-electron chi connectivity index (χ1n) is 14.4. The van der Waals surface area contributed by atoms with Gasteiger partial charge in [0.2, 0.25) is 5.88 Å².